The standard InChI is InChI=1S/C12H17N3S2/c1-17-12(5-2-6-12)8-15-10-4-3-9(7-14-10)11(13)16/h3-4,7H,2,5-6,8H2,1H3,(H2,13,16)(H,14,15). The average Bonchev–Trinajstić information content (AvgIpc) is 2.29. The second kappa shape index (κ2) is 5.23. The molecule has 1 heterocycles. The van der Waals surface area contributed by atoms with Gasteiger partial charge in [0.2, 0.25) is 0 Å². The highest BCUT2D eigenvalue weighted by Gasteiger charge is 2.35. The third-order valence-corrected chi connectivity index (χ3v) is 4.99. The molecule has 1 fully saturated rings. The number of anilines is 1. The maximum absolute atomic E-state index is 5.53. The smallest absolute Gasteiger partial charge is 0.125 e. The SMILES string of the molecule is CSC1(CNc2ccc(C(N)=S)cn2)CCC1. The first-order chi connectivity index (χ1) is 8.15. The van der Waals surface area contributed by atoms with Crippen LogP contribution in [0.1, 0.15) is 24.8 Å². The Morgan fingerprint density at radius 3 is 2.76 bits per heavy atom. The van der Waals surface area contributed by atoms with Crippen LogP contribution in [0.4, 0.5) is 5.82 Å². The second-order valence-electron chi connectivity index (χ2n) is 4.39. The molecule has 0 aliphatic heterocycles. The van der Waals surface area contributed by atoms with Crippen molar-refractivity contribution in [2.24, 2.45) is 5.73 Å². The molecule has 1 aromatic rings. The number of nitrogens with zero attached hydrogens (tertiary/aromatic N) is 1. The Balaban J connectivity index is 1.93. The highest BCUT2D eigenvalue weighted by molar-refractivity contribution is 8.00. The van der Waals surface area contributed by atoms with Gasteiger partial charge in [0.15, 0.2) is 0 Å². The highest BCUT2D eigenvalue weighted by atomic mass is 32.2. The summed E-state index contributed by atoms with van der Waals surface area (Å²) in [7, 11) is 0. The number of nitrogens with two attached hydrogens (primary N) is 1. The summed E-state index contributed by atoms with van der Waals surface area (Å²) in [6, 6.07) is 3.84. The minimum Gasteiger partial charge on any atom is -0.389 e. The molecule has 1 aliphatic rings. The fourth-order valence-electron chi connectivity index (χ4n) is 1.92. The van der Waals surface area contributed by atoms with Crippen LogP contribution in [0.2, 0.25) is 0 Å². The van der Waals surface area contributed by atoms with Gasteiger partial charge in [-0.05, 0) is 31.2 Å². The summed E-state index contributed by atoms with van der Waals surface area (Å²) in [4.78, 5) is 4.70. The van der Waals surface area contributed by atoms with E-state index in [2.05, 4.69) is 16.6 Å². The Morgan fingerprint density at radius 2 is 2.35 bits per heavy atom. The van der Waals surface area contributed by atoms with Crippen LogP contribution in [-0.2, 0) is 0 Å². The molecule has 5 heteroatoms. The van der Waals surface area contributed by atoms with E-state index in [1.807, 2.05) is 23.9 Å². The summed E-state index contributed by atoms with van der Waals surface area (Å²) in [5, 5.41) is 3.39. The molecule has 17 heavy (non-hydrogen) atoms. The first kappa shape index (κ1) is 12.6. The van der Waals surface area contributed by atoms with E-state index < -0.39 is 0 Å². The van der Waals surface area contributed by atoms with Crippen LogP contribution in [0.15, 0.2) is 18.3 Å². The van der Waals surface area contributed by atoms with Gasteiger partial charge in [-0.3, -0.25) is 0 Å². The molecule has 0 amide bonds. The predicted octanol–water partition coefficient (Wildman–Crippen LogP) is 2.41. The van der Waals surface area contributed by atoms with Crippen LogP contribution in [0, 0.1) is 0 Å². The molecule has 0 atom stereocenters. The molecule has 2 rings (SSSR count). The van der Waals surface area contributed by atoms with E-state index in [-0.39, 0.29) is 0 Å². The zero-order valence-corrected chi connectivity index (χ0v) is 11.5. The van der Waals surface area contributed by atoms with Crippen molar-refractivity contribution in [2.75, 3.05) is 18.1 Å². The molecule has 0 aromatic carbocycles. The maximum atomic E-state index is 5.53. The minimum absolute atomic E-state index is 0.392. The number of hydrogen-bond donors (Lipinski definition) is 2. The lowest BCUT2D eigenvalue weighted by Crippen LogP contribution is -2.40. The third-order valence-electron chi connectivity index (χ3n) is 3.34. The van der Waals surface area contributed by atoms with Gasteiger partial charge >= 0.3 is 0 Å². The van der Waals surface area contributed by atoms with Crippen molar-refractivity contribution in [1.82, 2.24) is 4.98 Å². The number of rotatable bonds is 5. The summed E-state index contributed by atoms with van der Waals surface area (Å²) < 4.78 is 0.420. The zero-order valence-electron chi connectivity index (χ0n) is 9.90. The Hall–Kier alpha value is -0.810. The minimum atomic E-state index is 0.392. The van der Waals surface area contributed by atoms with Crippen LogP contribution in [0.3, 0.4) is 0 Å². The highest BCUT2D eigenvalue weighted by Crippen LogP contribution is 2.42. The van der Waals surface area contributed by atoms with Crippen molar-refractivity contribution in [3.63, 3.8) is 0 Å². The molecule has 0 bridgehead atoms. The number of nitrogens with one attached hydrogen (secondary N) is 1. The number of pyridine rings is 1. The van der Waals surface area contributed by atoms with Crippen LogP contribution in [-0.4, -0.2) is 27.5 Å². The van der Waals surface area contributed by atoms with Crippen molar-refractivity contribution in [3.05, 3.63) is 23.9 Å². The van der Waals surface area contributed by atoms with Gasteiger partial charge in [-0.2, -0.15) is 11.8 Å². The van der Waals surface area contributed by atoms with E-state index in [0.717, 1.165) is 17.9 Å². The normalized spacial score (nSPS) is 17.2. The lowest BCUT2D eigenvalue weighted by Gasteiger charge is -2.40. The van der Waals surface area contributed by atoms with Crippen LogP contribution < -0.4 is 11.1 Å². The molecule has 1 aromatic heterocycles. The molecule has 3 N–H and O–H groups in total. The topological polar surface area (TPSA) is 50.9 Å². The largest absolute Gasteiger partial charge is 0.389 e. The molecule has 0 saturated heterocycles. The predicted molar refractivity (Wildman–Crippen MR) is 78.7 cm³/mol. The summed E-state index contributed by atoms with van der Waals surface area (Å²) >= 11 is 6.85. The van der Waals surface area contributed by atoms with Crippen molar-refractivity contribution in [2.45, 2.75) is 24.0 Å². The number of aromatic nitrogens is 1. The molecule has 0 spiro atoms. The molecule has 3 nitrogen and oxygen atoms in total. The number of thiocarbonyl (C=S) groups is 1. The fraction of sp³-hybridized carbons (Fsp3) is 0.500. The Bertz CT molecular complexity index is 393. The van der Waals surface area contributed by atoms with Gasteiger partial charge < -0.3 is 11.1 Å². The van der Waals surface area contributed by atoms with Crippen molar-refractivity contribution < 1.29 is 0 Å². The van der Waals surface area contributed by atoms with Gasteiger partial charge in [0.05, 0.1) is 0 Å². The summed E-state index contributed by atoms with van der Waals surface area (Å²) in [5.74, 6) is 0.894. The fourth-order valence-corrected chi connectivity index (χ4v) is 2.95. The number of hydrogen-bond acceptors (Lipinski definition) is 4. The molecule has 0 unspecified atom stereocenters. The second-order valence-corrected chi connectivity index (χ2v) is 6.10. The first-order valence-electron chi connectivity index (χ1n) is 5.70. The maximum Gasteiger partial charge on any atom is 0.125 e. The van der Waals surface area contributed by atoms with E-state index in [4.69, 9.17) is 18.0 Å². The Kier molecular flexibility index (Phi) is 3.89. The van der Waals surface area contributed by atoms with E-state index in [9.17, 15) is 0 Å². The molecule has 92 valence electrons. The van der Waals surface area contributed by atoms with Crippen molar-refractivity contribution >= 4 is 34.8 Å². The molecule has 1 saturated carbocycles. The third kappa shape index (κ3) is 2.90. The first-order valence-corrected chi connectivity index (χ1v) is 7.33. The van der Waals surface area contributed by atoms with Gasteiger partial charge in [0, 0.05) is 23.1 Å². The summed E-state index contributed by atoms with van der Waals surface area (Å²) in [5.41, 5.74) is 6.34. The van der Waals surface area contributed by atoms with Gasteiger partial charge in [-0.1, -0.05) is 18.6 Å². The average molecular weight is 267 g/mol. The van der Waals surface area contributed by atoms with Crippen molar-refractivity contribution in [3.8, 4) is 0 Å². The number of thioether (sulfide) groups is 1. The van der Waals surface area contributed by atoms with Crippen LogP contribution in [0.5, 0.6) is 0 Å². The Morgan fingerprint density at radius 1 is 1.59 bits per heavy atom. The summed E-state index contributed by atoms with van der Waals surface area (Å²) in [6.07, 6.45) is 7.84. The molecular formula is C12H17N3S2. The van der Waals surface area contributed by atoms with Crippen LogP contribution >= 0.6 is 24.0 Å². The van der Waals surface area contributed by atoms with Gasteiger partial charge in [0.25, 0.3) is 0 Å². The van der Waals surface area contributed by atoms with Gasteiger partial charge in [-0.15, -0.1) is 0 Å². The Labute approximate surface area is 112 Å². The zero-order chi connectivity index (χ0) is 12.3. The quantitative estimate of drug-likeness (QED) is 0.802. The van der Waals surface area contributed by atoms with Gasteiger partial charge in [-0.25, -0.2) is 4.98 Å². The lowest BCUT2D eigenvalue weighted by molar-refractivity contribution is 0.379. The molecule has 1 aliphatic carbocycles. The lowest BCUT2D eigenvalue weighted by atomic mass is 9.84. The van der Waals surface area contributed by atoms with Gasteiger partial charge in [0.1, 0.15) is 10.8 Å². The summed E-state index contributed by atoms with van der Waals surface area (Å²) in [6.45, 7) is 0.980. The van der Waals surface area contributed by atoms with E-state index in [1.54, 1.807) is 6.20 Å². The molecule has 0 radical (unpaired) electrons. The van der Waals surface area contributed by atoms with E-state index in [1.165, 1.54) is 19.3 Å². The monoisotopic (exact) mass is 267 g/mol. The van der Waals surface area contributed by atoms with E-state index in [0.29, 0.717) is 9.74 Å². The molecular weight excluding hydrogens is 250 g/mol. The van der Waals surface area contributed by atoms with E-state index >= 15 is 0 Å². The van der Waals surface area contributed by atoms with Crippen LogP contribution in [0.25, 0.3) is 0 Å². The van der Waals surface area contributed by atoms with Crippen molar-refractivity contribution in [1.29, 1.82) is 0 Å².